The molecule has 2 amide bonds. The molecule has 1 saturated heterocycles. The number of benzene rings is 2. The smallest absolute Gasteiger partial charge is 0.407 e. The first-order chi connectivity index (χ1) is 16.3. The van der Waals surface area contributed by atoms with Gasteiger partial charge in [-0.1, -0.05) is 48.5 Å². The summed E-state index contributed by atoms with van der Waals surface area (Å²) in [5.41, 5.74) is 3.24. The molecule has 0 saturated carbocycles. The van der Waals surface area contributed by atoms with Crippen LogP contribution in [-0.4, -0.2) is 65.9 Å². The van der Waals surface area contributed by atoms with E-state index in [0.717, 1.165) is 11.1 Å². The van der Waals surface area contributed by atoms with Crippen LogP contribution in [0.1, 0.15) is 43.7 Å². The lowest BCUT2D eigenvalue weighted by molar-refractivity contribution is -0.177. The van der Waals surface area contributed by atoms with Gasteiger partial charge in [0.25, 0.3) is 0 Å². The van der Waals surface area contributed by atoms with E-state index in [1.54, 1.807) is 0 Å². The fraction of sp³-hybridized carbons (Fsp3) is 0.423. The molecule has 2 aromatic rings. The van der Waals surface area contributed by atoms with Gasteiger partial charge in [0.05, 0.1) is 13.2 Å². The number of rotatable bonds is 7. The lowest BCUT2D eigenvalue weighted by atomic mass is 9.98. The van der Waals surface area contributed by atoms with Gasteiger partial charge in [0.2, 0.25) is 5.91 Å². The number of aliphatic carboxylic acids is 1. The molecule has 2 N–H and O–H groups in total. The zero-order valence-corrected chi connectivity index (χ0v) is 19.5. The first-order valence-electron chi connectivity index (χ1n) is 11.5. The number of amides is 2. The first-order valence-corrected chi connectivity index (χ1v) is 11.5. The number of ether oxygens (including phenoxy) is 2. The second-order valence-corrected chi connectivity index (χ2v) is 9.11. The minimum Gasteiger partial charge on any atom is -0.479 e. The topological polar surface area (TPSA) is 105 Å². The Morgan fingerprint density at radius 3 is 2.38 bits per heavy atom. The van der Waals surface area contributed by atoms with Crippen LogP contribution in [0.3, 0.4) is 0 Å². The van der Waals surface area contributed by atoms with Gasteiger partial charge < -0.3 is 24.8 Å². The van der Waals surface area contributed by atoms with Crippen molar-refractivity contribution in [3.63, 3.8) is 0 Å². The summed E-state index contributed by atoms with van der Waals surface area (Å²) >= 11 is 0. The number of morpholine rings is 1. The second kappa shape index (κ2) is 9.85. The molecule has 1 aliphatic carbocycles. The molecule has 2 atom stereocenters. The van der Waals surface area contributed by atoms with Crippen molar-refractivity contribution in [1.29, 1.82) is 0 Å². The zero-order chi connectivity index (χ0) is 24.3. The number of nitrogens with one attached hydrogen (secondary N) is 1. The van der Waals surface area contributed by atoms with E-state index in [-0.39, 0.29) is 44.0 Å². The molecule has 1 heterocycles. The normalized spacial score (nSPS) is 20.2. The standard InChI is InChI=1S/C26H30N2O6/c1-17(11-12-23(29)28-13-14-34-26(2,16-28)24(30)31)27-25(32)33-15-22-20-9-5-3-7-18(20)19-8-4-6-10-21(19)22/h3-10,17,22H,11-16H2,1-2H3,(H,27,32)(H,30,31). The molecule has 0 spiro atoms. The fourth-order valence-electron chi connectivity index (χ4n) is 4.62. The minimum atomic E-state index is -1.39. The van der Waals surface area contributed by atoms with Gasteiger partial charge in [0.1, 0.15) is 6.61 Å². The molecule has 180 valence electrons. The van der Waals surface area contributed by atoms with Crippen molar-refractivity contribution < 1.29 is 29.0 Å². The summed E-state index contributed by atoms with van der Waals surface area (Å²) in [6.07, 6.45) is 0.0941. The van der Waals surface area contributed by atoms with Crippen molar-refractivity contribution in [1.82, 2.24) is 10.2 Å². The first kappa shape index (κ1) is 23.8. The predicted octanol–water partition coefficient (Wildman–Crippen LogP) is 3.40. The summed E-state index contributed by atoms with van der Waals surface area (Å²) in [7, 11) is 0. The number of nitrogens with zero attached hydrogens (tertiary/aromatic N) is 1. The predicted molar refractivity (Wildman–Crippen MR) is 125 cm³/mol. The van der Waals surface area contributed by atoms with Crippen molar-refractivity contribution in [3.05, 3.63) is 59.7 Å². The maximum Gasteiger partial charge on any atom is 0.407 e. The van der Waals surface area contributed by atoms with Crippen LogP contribution in [0.2, 0.25) is 0 Å². The van der Waals surface area contributed by atoms with Crippen LogP contribution in [0.25, 0.3) is 11.1 Å². The molecule has 8 heteroatoms. The van der Waals surface area contributed by atoms with E-state index in [4.69, 9.17) is 9.47 Å². The van der Waals surface area contributed by atoms with Gasteiger partial charge in [-0.15, -0.1) is 0 Å². The summed E-state index contributed by atoms with van der Waals surface area (Å²) in [5, 5.41) is 12.1. The summed E-state index contributed by atoms with van der Waals surface area (Å²) in [6, 6.07) is 16.0. The van der Waals surface area contributed by atoms with Gasteiger partial charge in [0, 0.05) is 24.9 Å². The highest BCUT2D eigenvalue weighted by Gasteiger charge is 2.40. The fourth-order valence-corrected chi connectivity index (χ4v) is 4.62. The summed E-state index contributed by atoms with van der Waals surface area (Å²) in [6.45, 7) is 4.06. The Kier molecular flexibility index (Phi) is 6.88. The number of carbonyl (C=O) groups is 3. The Morgan fingerprint density at radius 2 is 1.76 bits per heavy atom. The molecule has 0 radical (unpaired) electrons. The monoisotopic (exact) mass is 466 g/mol. The third-order valence-electron chi connectivity index (χ3n) is 6.58. The van der Waals surface area contributed by atoms with Crippen LogP contribution in [0.15, 0.2) is 48.5 Å². The van der Waals surface area contributed by atoms with E-state index >= 15 is 0 Å². The largest absolute Gasteiger partial charge is 0.479 e. The van der Waals surface area contributed by atoms with E-state index in [1.807, 2.05) is 31.2 Å². The number of carboxylic acids is 1. The number of carboxylic acid groups (broad SMARTS) is 1. The van der Waals surface area contributed by atoms with Gasteiger partial charge in [-0.3, -0.25) is 4.79 Å². The van der Waals surface area contributed by atoms with Crippen LogP contribution in [0.5, 0.6) is 0 Å². The lowest BCUT2D eigenvalue weighted by Gasteiger charge is -2.37. The Bertz CT molecular complexity index is 1040. The van der Waals surface area contributed by atoms with Crippen molar-refractivity contribution in [3.8, 4) is 11.1 Å². The highest BCUT2D eigenvalue weighted by atomic mass is 16.5. The Labute approximate surface area is 198 Å². The lowest BCUT2D eigenvalue weighted by Crippen LogP contribution is -2.56. The highest BCUT2D eigenvalue weighted by molar-refractivity contribution is 5.81. The van der Waals surface area contributed by atoms with E-state index in [1.165, 1.54) is 23.0 Å². The van der Waals surface area contributed by atoms with Crippen molar-refractivity contribution in [2.24, 2.45) is 0 Å². The number of hydrogen-bond donors (Lipinski definition) is 2. The molecule has 0 aromatic heterocycles. The third-order valence-corrected chi connectivity index (χ3v) is 6.58. The molecule has 2 aromatic carbocycles. The average Bonchev–Trinajstić information content (AvgIpc) is 3.15. The van der Waals surface area contributed by atoms with Crippen LogP contribution < -0.4 is 5.32 Å². The van der Waals surface area contributed by atoms with Crippen molar-refractivity contribution in [2.75, 3.05) is 26.3 Å². The number of hydrogen-bond acceptors (Lipinski definition) is 5. The molecular weight excluding hydrogens is 436 g/mol. The van der Waals surface area contributed by atoms with Crippen LogP contribution >= 0.6 is 0 Å². The number of alkyl carbamates (subject to hydrolysis) is 1. The van der Waals surface area contributed by atoms with Gasteiger partial charge in [-0.2, -0.15) is 0 Å². The quantitative estimate of drug-likeness (QED) is 0.648. The van der Waals surface area contributed by atoms with E-state index in [0.29, 0.717) is 13.0 Å². The SMILES string of the molecule is CC(CCC(=O)N1CCOC(C)(C(=O)O)C1)NC(=O)OCC1c2ccccc2-c2ccccc21. The second-order valence-electron chi connectivity index (χ2n) is 9.11. The minimum absolute atomic E-state index is 0.00928. The average molecular weight is 467 g/mol. The Morgan fingerprint density at radius 1 is 1.15 bits per heavy atom. The summed E-state index contributed by atoms with van der Waals surface area (Å²) in [4.78, 5) is 37.9. The molecule has 2 aliphatic rings. The molecule has 4 rings (SSSR count). The maximum absolute atomic E-state index is 12.6. The molecule has 2 unspecified atom stereocenters. The van der Waals surface area contributed by atoms with Crippen molar-refractivity contribution in [2.45, 2.75) is 44.2 Å². The van der Waals surface area contributed by atoms with Crippen molar-refractivity contribution >= 4 is 18.0 Å². The van der Waals surface area contributed by atoms with Gasteiger partial charge in [0.15, 0.2) is 5.60 Å². The van der Waals surface area contributed by atoms with Gasteiger partial charge in [-0.05, 0) is 42.5 Å². The third kappa shape index (κ3) is 4.92. The molecule has 0 bridgehead atoms. The Hall–Kier alpha value is -3.39. The molecule has 34 heavy (non-hydrogen) atoms. The summed E-state index contributed by atoms with van der Waals surface area (Å²) in [5.74, 6) is -1.26. The van der Waals surface area contributed by atoms with Crippen LogP contribution in [0, 0.1) is 0 Å². The van der Waals surface area contributed by atoms with E-state index < -0.39 is 17.7 Å². The van der Waals surface area contributed by atoms with Gasteiger partial charge >= 0.3 is 12.1 Å². The molecule has 1 aliphatic heterocycles. The van der Waals surface area contributed by atoms with E-state index in [9.17, 15) is 19.5 Å². The van der Waals surface area contributed by atoms with E-state index in [2.05, 4.69) is 29.6 Å². The maximum atomic E-state index is 12.6. The number of fused-ring (bicyclic) bond motifs is 3. The van der Waals surface area contributed by atoms with Gasteiger partial charge in [-0.25, -0.2) is 9.59 Å². The zero-order valence-electron chi connectivity index (χ0n) is 19.5. The molecular formula is C26H30N2O6. The number of carbonyl (C=O) groups excluding carboxylic acids is 2. The van der Waals surface area contributed by atoms with Crippen LogP contribution in [0.4, 0.5) is 4.79 Å². The molecule has 1 fully saturated rings. The van der Waals surface area contributed by atoms with Crippen LogP contribution in [-0.2, 0) is 19.1 Å². The summed E-state index contributed by atoms with van der Waals surface area (Å²) < 4.78 is 10.9. The molecule has 8 nitrogen and oxygen atoms in total. The Balaban J connectivity index is 1.26. The highest BCUT2D eigenvalue weighted by Crippen LogP contribution is 2.44.